The number of rotatable bonds is 4. The van der Waals surface area contributed by atoms with E-state index < -0.39 is 5.97 Å². The van der Waals surface area contributed by atoms with Crippen LogP contribution < -0.4 is 0 Å². The van der Waals surface area contributed by atoms with Gasteiger partial charge in [-0.15, -0.1) is 0 Å². The minimum Gasteiger partial charge on any atom is -0.478 e. The molecular weight excluding hydrogens is 200 g/mol. The number of aryl methyl sites for hydroxylation is 1. The molecule has 0 unspecified atom stereocenters. The lowest BCUT2D eigenvalue weighted by Crippen LogP contribution is -1.99. The van der Waals surface area contributed by atoms with Gasteiger partial charge in [-0.05, 0) is 24.6 Å². The van der Waals surface area contributed by atoms with Gasteiger partial charge in [-0.25, -0.2) is 4.79 Å². The van der Waals surface area contributed by atoms with Crippen molar-refractivity contribution in [3.8, 4) is 0 Å². The molecule has 0 bridgehead atoms. The van der Waals surface area contributed by atoms with Crippen molar-refractivity contribution >= 4 is 17.7 Å². The highest BCUT2D eigenvalue weighted by Gasteiger charge is 2.07. The molecule has 1 aromatic carbocycles. The summed E-state index contributed by atoms with van der Waals surface area (Å²) in [5.41, 5.74) is 1.13. The second-order valence-corrected chi connectivity index (χ2v) is 3.83. The van der Waals surface area contributed by atoms with Crippen LogP contribution in [0.25, 0.3) is 0 Å². The number of carboxylic acid groups (broad SMARTS) is 1. The molecule has 0 fully saturated rings. The molecule has 1 N–H and O–H groups in total. The zero-order chi connectivity index (χ0) is 10.6. The van der Waals surface area contributed by atoms with Crippen molar-refractivity contribution < 1.29 is 14.6 Å². The number of aromatic carboxylic acids is 1. The minimum atomic E-state index is -0.887. The van der Waals surface area contributed by atoms with Crippen molar-refractivity contribution in [2.45, 2.75) is 11.8 Å². The first-order valence-corrected chi connectivity index (χ1v) is 5.09. The van der Waals surface area contributed by atoms with E-state index in [1.807, 2.05) is 6.07 Å². The highest BCUT2D eigenvalue weighted by Crippen LogP contribution is 2.21. The van der Waals surface area contributed by atoms with Crippen molar-refractivity contribution in [2.24, 2.45) is 0 Å². The smallest absolute Gasteiger partial charge is 0.335 e. The fourth-order valence-electron chi connectivity index (χ4n) is 1.05. The number of ether oxygens (including phenoxy) is 1. The summed E-state index contributed by atoms with van der Waals surface area (Å²) in [4.78, 5) is 11.7. The summed E-state index contributed by atoms with van der Waals surface area (Å²) in [7, 11) is 1.61. The molecule has 3 nitrogen and oxygen atoms in total. The van der Waals surface area contributed by atoms with Gasteiger partial charge in [0.05, 0.1) is 11.5 Å². The lowest BCUT2D eigenvalue weighted by Gasteiger charge is -2.04. The van der Waals surface area contributed by atoms with Crippen LogP contribution in [0.1, 0.15) is 15.9 Å². The topological polar surface area (TPSA) is 46.5 Å². The van der Waals surface area contributed by atoms with E-state index in [0.29, 0.717) is 11.5 Å². The molecule has 4 heteroatoms. The summed E-state index contributed by atoms with van der Waals surface area (Å²) in [6, 6.07) is 5.37. The van der Waals surface area contributed by atoms with Crippen molar-refractivity contribution in [1.82, 2.24) is 0 Å². The molecule has 0 atom stereocenters. The number of benzene rings is 1. The zero-order valence-electron chi connectivity index (χ0n) is 8.11. The average molecular weight is 212 g/mol. The Morgan fingerprint density at radius 2 is 2.29 bits per heavy atom. The van der Waals surface area contributed by atoms with E-state index in [-0.39, 0.29) is 0 Å². The molecule has 76 valence electrons. The second-order valence-electron chi connectivity index (χ2n) is 2.83. The van der Waals surface area contributed by atoms with Gasteiger partial charge in [0.25, 0.3) is 0 Å². The first-order valence-electron chi connectivity index (χ1n) is 4.11. The summed E-state index contributed by atoms with van der Waals surface area (Å²) in [6.45, 7) is 1.79. The van der Waals surface area contributed by atoms with Crippen LogP contribution in [-0.2, 0) is 4.74 Å². The number of hydrogen-bond donors (Lipinski definition) is 1. The van der Waals surface area contributed by atoms with Crippen LogP contribution in [0.2, 0.25) is 0 Å². The lowest BCUT2D eigenvalue weighted by molar-refractivity contribution is 0.0696. The van der Waals surface area contributed by atoms with Crippen LogP contribution in [-0.4, -0.2) is 24.1 Å². The Kier molecular flexibility index (Phi) is 3.98. The Morgan fingerprint density at radius 1 is 1.57 bits per heavy atom. The Morgan fingerprint density at radius 3 is 2.86 bits per heavy atom. The van der Waals surface area contributed by atoms with Crippen molar-refractivity contribution in [3.63, 3.8) is 0 Å². The number of carbonyl (C=O) groups is 1. The number of carboxylic acids is 1. The van der Waals surface area contributed by atoms with E-state index >= 15 is 0 Å². The molecule has 0 saturated heterocycles. The molecule has 1 aromatic rings. The predicted octanol–water partition coefficient (Wildman–Crippen LogP) is 2.39. The third-order valence-corrected chi connectivity index (χ3v) is 2.72. The van der Waals surface area contributed by atoms with Gasteiger partial charge in [-0.1, -0.05) is 17.8 Å². The van der Waals surface area contributed by atoms with Gasteiger partial charge in [-0.3, -0.25) is 0 Å². The summed E-state index contributed by atoms with van der Waals surface area (Å²) in [5.74, 6) is -0.357. The summed E-state index contributed by atoms with van der Waals surface area (Å²) in [5, 5.41) is 8.88. The first kappa shape index (κ1) is 11.1. The third kappa shape index (κ3) is 2.75. The molecule has 0 heterocycles. The van der Waals surface area contributed by atoms with E-state index in [9.17, 15) is 4.79 Å². The molecule has 0 saturated carbocycles. The maximum absolute atomic E-state index is 10.8. The predicted molar refractivity (Wildman–Crippen MR) is 55.9 cm³/mol. The first-order chi connectivity index (χ1) is 6.65. The molecule has 0 amide bonds. The summed E-state index contributed by atoms with van der Waals surface area (Å²) in [6.07, 6.45) is 0. The summed E-state index contributed by atoms with van der Waals surface area (Å²) < 4.78 is 4.89. The van der Waals surface area contributed by atoms with E-state index in [1.54, 1.807) is 26.2 Å². The van der Waals surface area contributed by atoms with Gasteiger partial charge in [0.2, 0.25) is 0 Å². The van der Waals surface area contributed by atoms with Gasteiger partial charge < -0.3 is 9.84 Å². The van der Waals surface area contributed by atoms with Crippen molar-refractivity contribution in [1.29, 1.82) is 0 Å². The Balaban J connectivity index is 2.89. The fourth-order valence-corrected chi connectivity index (χ4v) is 1.67. The molecule has 1 rings (SSSR count). The molecule has 0 aliphatic heterocycles. The SMILES string of the molecule is COCSc1ccc(C)c(C(=O)O)c1. The van der Waals surface area contributed by atoms with Gasteiger partial charge in [0.15, 0.2) is 0 Å². The number of methoxy groups -OCH3 is 1. The van der Waals surface area contributed by atoms with Gasteiger partial charge in [-0.2, -0.15) is 0 Å². The minimum absolute atomic E-state index is 0.353. The van der Waals surface area contributed by atoms with Gasteiger partial charge in [0, 0.05) is 12.0 Å². The van der Waals surface area contributed by atoms with E-state index in [1.165, 1.54) is 11.8 Å². The molecular formula is C10H12O3S. The molecule has 0 radical (unpaired) electrons. The number of hydrogen-bond acceptors (Lipinski definition) is 3. The molecule has 0 aliphatic carbocycles. The molecule has 0 aromatic heterocycles. The van der Waals surface area contributed by atoms with Gasteiger partial charge in [0.1, 0.15) is 0 Å². The Bertz CT molecular complexity index is 336. The van der Waals surface area contributed by atoms with Crippen LogP contribution >= 0.6 is 11.8 Å². The van der Waals surface area contributed by atoms with Crippen LogP contribution in [0.4, 0.5) is 0 Å². The van der Waals surface area contributed by atoms with E-state index in [2.05, 4.69) is 0 Å². The quantitative estimate of drug-likeness (QED) is 0.615. The normalized spacial score (nSPS) is 10.1. The standard InChI is InChI=1S/C10H12O3S/c1-7-3-4-8(14-6-13-2)5-9(7)10(11)12/h3-5H,6H2,1-2H3,(H,11,12). The van der Waals surface area contributed by atoms with Crippen LogP contribution in [0.3, 0.4) is 0 Å². The molecule has 0 aliphatic rings. The van der Waals surface area contributed by atoms with Crippen molar-refractivity contribution in [3.05, 3.63) is 29.3 Å². The maximum atomic E-state index is 10.8. The highest BCUT2D eigenvalue weighted by molar-refractivity contribution is 7.99. The summed E-state index contributed by atoms with van der Waals surface area (Å²) >= 11 is 1.48. The van der Waals surface area contributed by atoms with Crippen LogP contribution in [0, 0.1) is 6.92 Å². The van der Waals surface area contributed by atoms with E-state index in [4.69, 9.17) is 9.84 Å². The highest BCUT2D eigenvalue weighted by atomic mass is 32.2. The zero-order valence-corrected chi connectivity index (χ0v) is 8.93. The second kappa shape index (κ2) is 5.02. The van der Waals surface area contributed by atoms with E-state index in [0.717, 1.165) is 10.5 Å². The fraction of sp³-hybridized carbons (Fsp3) is 0.300. The monoisotopic (exact) mass is 212 g/mol. The Labute approximate surface area is 87.1 Å². The third-order valence-electron chi connectivity index (χ3n) is 1.78. The maximum Gasteiger partial charge on any atom is 0.335 e. The van der Waals surface area contributed by atoms with Crippen molar-refractivity contribution in [2.75, 3.05) is 13.0 Å². The Hall–Kier alpha value is -1.00. The molecule has 14 heavy (non-hydrogen) atoms. The molecule has 0 spiro atoms. The average Bonchev–Trinajstić information content (AvgIpc) is 2.16. The van der Waals surface area contributed by atoms with Crippen LogP contribution in [0.5, 0.6) is 0 Å². The largest absolute Gasteiger partial charge is 0.478 e. The lowest BCUT2D eigenvalue weighted by atomic mass is 10.1. The van der Waals surface area contributed by atoms with Crippen LogP contribution in [0.15, 0.2) is 23.1 Å². The number of thioether (sulfide) groups is 1. The van der Waals surface area contributed by atoms with Gasteiger partial charge >= 0.3 is 5.97 Å².